The average Bonchev–Trinajstić information content (AvgIpc) is 2.85. The number of H-pyrrole nitrogens is 1. The fourth-order valence-corrected chi connectivity index (χ4v) is 3.97. The van der Waals surface area contributed by atoms with Gasteiger partial charge < -0.3 is 9.72 Å². The van der Waals surface area contributed by atoms with Gasteiger partial charge in [-0.15, -0.1) is 0 Å². The number of nitrogens with one attached hydrogen (secondary N) is 1. The lowest BCUT2D eigenvalue weighted by molar-refractivity contribution is 0.239. The molecule has 32 heavy (non-hydrogen) atoms. The summed E-state index contributed by atoms with van der Waals surface area (Å²) in [5.41, 5.74) is 5.26. The van der Waals surface area contributed by atoms with Crippen LogP contribution in [0.25, 0.3) is 22.6 Å². The van der Waals surface area contributed by atoms with Crippen LogP contribution in [0.5, 0.6) is 5.75 Å². The van der Waals surface area contributed by atoms with Crippen molar-refractivity contribution in [1.82, 2.24) is 24.8 Å². The fourth-order valence-electron chi connectivity index (χ4n) is 3.97. The molecular weight excluding hydrogens is 402 g/mol. The molecule has 0 fully saturated rings. The van der Waals surface area contributed by atoms with Gasteiger partial charge in [0.15, 0.2) is 0 Å². The Morgan fingerprint density at radius 2 is 1.91 bits per heavy atom. The van der Waals surface area contributed by atoms with Crippen LogP contribution in [0, 0.1) is 0 Å². The Kier molecular flexibility index (Phi) is 5.47. The van der Waals surface area contributed by atoms with Gasteiger partial charge in [0.05, 0.1) is 29.8 Å². The summed E-state index contributed by atoms with van der Waals surface area (Å²) in [7, 11) is 1.66. The van der Waals surface area contributed by atoms with Crippen molar-refractivity contribution in [3.05, 3.63) is 94.3 Å². The normalized spacial score (nSPS) is 13.5. The van der Waals surface area contributed by atoms with Crippen molar-refractivity contribution in [3.8, 4) is 28.4 Å². The van der Waals surface area contributed by atoms with Crippen LogP contribution in [-0.4, -0.2) is 38.5 Å². The number of aromatic nitrogens is 4. The Labute approximate surface area is 185 Å². The highest BCUT2D eigenvalue weighted by Gasteiger charge is 2.22. The Morgan fingerprint density at radius 1 is 1.03 bits per heavy atom. The van der Waals surface area contributed by atoms with Crippen molar-refractivity contribution in [2.75, 3.05) is 13.7 Å². The van der Waals surface area contributed by atoms with Crippen LogP contribution in [0.3, 0.4) is 0 Å². The van der Waals surface area contributed by atoms with E-state index in [0.717, 1.165) is 52.5 Å². The van der Waals surface area contributed by atoms with Crippen molar-refractivity contribution in [1.29, 1.82) is 0 Å². The highest BCUT2D eigenvalue weighted by Crippen LogP contribution is 2.23. The van der Waals surface area contributed by atoms with Crippen LogP contribution >= 0.6 is 0 Å². The smallest absolute Gasteiger partial charge is 0.255 e. The molecule has 160 valence electrons. The maximum Gasteiger partial charge on any atom is 0.255 e. The van der Waals surface area contributed by atoms with Crippen molar-refractivity contribution in [2.24, 2.45) is 0 Å². The van der Waals surface area contributed by atoms with Crippen LogP contribution in [-0.2, 0) is 19.5 Å². The van der Waals surface area contributed by atoms with Crippen molar-refractivity contribution >= 4 is 0 Å². The SMILES string of the molecule is COc1ccc(-c2cccc(CN3CCc4nc(-c5cccnc5)[nH]c(=O)c4C3)n2)cc1. The van der Waals surface area contributed by atoms with Crippen molar-refractivity contribution in [2.45, 2.75) is 19.5 Å². The van der Waals surface area contributed by atoms with Crippen LogP contribution in [0.4, 0.5) is 0 Å². The predicted molar refractivity (Wildman–Crippen MR) is 122 cm³/mol. The molecule has 1 aromatic carbocycles. The maximum absolute atomic E-state index is 12.8. The second kappa shape index (κ2) is 8.72. The van der Waals surface area contributed by atoms with Gasteiger partial charge in [0.25, 0.3) is 5.56 Å². The van der Waals surface area contributed by atoms with Gasteiger partial charge in [0.2, 0.25) is 0 Å². The first-order chi connectivity index (χ1) is 15.7. The van der Waals surface area contributed by atoms with E-state index >= 15 is 0 Å². The largest absolute Gasteiger partial charge is 0.497 e. The number of benzene rings is 1. The van der Waals surface area contributed by atoms with Gasteiger partial charge in [-0.1, -0.05) is 6.07 Å². The highest BCUT2D eigenvalue weighted by atomic mass is 16.5. The number of hydrogen-bond donors (Lipinski definition) is 1. The third-order valence-electron chi connectivity index (χ3n) is 5.66. The number of ether oxygens (including phenoxy) is 1. The molecule has 0 spiro atoms. The third-order valence-corrected chi connectivity index (χ3v) is 5.66. The first-order valence-corrected chi connectivity index (χ1v) is 10.5. The molecule has 0 bridgehead atoms. The number of methoxy groups -OCH3 is 1. The number of hydrogen-bond acceptors (Lipinski definition) is 6. The number of nitrogens with zero attached hydrogens (tertiary/aromatic N) is 4. The van der Waals surface area contributed by atoms with E-state index in [1.807, 2.05) is 54.6 Å². The van der Waals surface area contributed by atoms with Gasteiger partial charge in [0.1, 0.15) is 11.6 Å². The molecule has 0 aliphatic carbocycles. The molecule has 7 heteroatoms. The summed E-state index contributed by atoms with van der Waals surface area (Å²) >= 11 is 0. The minimum Gasteiger partial charge on any atom is -0.497 e. The number of rotatable bonds is 5. The lowest BCUT2D eigenvalue weighted by atomic mass is 10.1. The molecule has 3 aromatic heterocycles. The molecule has 0 saturated carbocycles. The summed E-state index contributed by atoms with van der Waals surface area (Å²) in [6, 6.07) is 17.7. The Bertz CT molecular complexity index is 1290. The zero-order chi connectivity index (χ0) is 21.9. The van der Waals surface area contributed by atoms with E-state index in [2.05, 4.69) is 14.9 Å². The molecule has 1 aliphatic heterocycles. The molecule has 1 N–H and O–H groups in total. The number of fused-ring (bicyclic) bond motifs is 1. The lowest BCUT2D eigenvalue weighted by Gasteiger charge is -2.27. The summed E-state index contributed by atoms with van der Waals surface area (Å²) in [4.78, 5) is 31.6. The molecule has 0 amide bonds. The van der Waals surface area contributed by atoms with E-state index in [1.54, 1.807) is 19.5 Å². The minimum absolute atomic E-state index is 0.0847. The summed E-state index contributed by atoms with van der Waals surface area (Å²) in [5.74, 6) is 1.39. The van der Waals surface area contributed by atoms with E-state index in [0.29, 0.717) is 18.9 Å². The first-order valence-electron chi connectivity index (χ1n) is 10.5. The second-order valence-corrected chi connectivity index (χ2v) is 7.78. The Balaban J connectivity index is 1.34. The monoisotopic (exact) mass is 425 g/mol. The van der Waals surface area contributed by atoms with Gasteiger partial charge >= 0.3 is 0 Å². The molecule has 0 saturated heterocycles. The minimum atomic E-state index is -0.0847. The topological polar surface area (TPSA) is 84.0 Å². The van der Waals surface area contributed by atoms with Crippen molar-refractivity contribution in [3.63, 3.8) is 0 Å². The van der Waals surface area contributed by atoms with Gasteiger partial charge in [0, 0.05) is 49.6 Å². The molecular formula is C25H23N5O2. The van der Waals surface area contributed by atoms with E-state index in [4.69, 9.17) is 14.7 Å². The molecule has 0 unspecified atom stereocenters. The standard InChI is InChI=1S/C25H23N5O2/c1-32-20-9-7-17(8-10-20)22-6-2-5-19(27-22)15-30-13-11-23-21(16-30)25(31)29-24(28-23)18-4-3-12-26-14-18/h2-10,12,14H,11,13,15-16H2,1H3,(H,28,29,31). The quantitative estimate of drug-likeness (QED) is 0.527. The molecule has 1 aliphatic rings. The summed E-state index contributed by atoms with van der Waals surface area (Å²) in [6.45, 7) is 2.05. The molecule has 5 rings (SSSR count). The van der Waals surface area contributed by atoms with Gasteiger partial charge in [-0.05, 0) is 48.5 Å². The Morgan fingerprint density at radius 3 is 2.69 bits per heavy atom. The van der Waals surface area contributed by atoms with E-state index in [-0.39, 0.29) is 5.56 Å². The van der Waals surface area contributed by atoms with Gasteiger partial charge in [-0.25, -0.2) is 4.98 Å². The van der Waals surface area contributed by atoms with Gasteiger partial charge in [-0.3, -0.25) is 19.7 Å². The molecule has 0 atom stereocenters. The zero-order valence-corrected chi connectivity index (χ0v) is 17.8. The highest BCUT2D eigenvalue weighted by molar-refractivity contribution is 5.60. The van der Waals surface area contributed by atoms with Crippen LogP contribution in [0.1, 0.15) is 17.0 Å². The summed E-state index contributed by atoms with van der Waals surface area (Å²) in [5, 5.41) is 0. The maximum atomic E-state index is 12.8. The van der Waals surface area contributed by atoms with Gasteiger partial charge in [-0.2, -0.15) is 0 Å². The average molecular weight is 425 g/mol. The molecule has 4 aromatic rings. The molecule has 7 nitrogen and oxygen atoms in total. The lowest BCUT2D eigenvalue weighted by Crippen LogP contribution is -2.35. The van der Waals surface area contributed by atoms with E-state index in [1.165, 1.54) is 0 Å². The van der Waals surface area contributed by atoms with Crippen molar-refractivity contribution < 1.29 is 4.74 Å². The van der Waals surface area contributed by atoms with E-state index in [9.17, 15) is 4.79 Å². The predicted octanol–water partition coefficient (Wildman–Crippen LogP) is 3.46. The van der Waals surface area contributed by atoms with Crippen LogP contribution in [0.15, 0.2) is 71.8 Å². The van der Waals surface area contributed by atoms with Crippen LogP contribution in [0.2, 0.25) is 0 Å². The first kappa shape index (κ1) is 20.1. The Hall–Kier alpha value is -3.84. The fraction of sp³-hybridized carbons (Fsp3) is 0.200. The van der Waals surface area contributed by atoms with E-state index < -0.39 is 0 Å². The zero-order valence-electron chi connectivity index (χ0n) is 17.8. The number of aromatic amines is 1. The molecule has 0 radical (unpaired) electrons. The summed E-state index contributed by atoms with van der Waals surface area (Å²) in [6.07, 6.45) is 4.14. The summed E-state index contributed by atoms with van der Waals surface area (Å²) < 4.78 is 5.24. The third kappa shape index (κ3) is 4.15. The second-order valence-electron chi connectivity index (χ2n) is 7.78. The van der Waals surface area contributed by atoms with Crippen LogP contribution < -0.4 is 10.3 Å². The molecule has 4 heterocycles. The number of pyridine rings is 2.